The van der Waals surface area contributed by atoms with Crippen molar-refractivity contribution in [2.75, 3.05) is 50.7 Å². The van der Waals surface area contributed by atoms with Crippen molar-refractivity contribution >= 4 is 28.8 Å². The highest BCUT2D eigenvalue weighted by atomic mass is 35.5. The maximum absolute atomic E-state index is 15.1. The van der Waals surface area contributed by atoms with E-state index in [4.69, 9.17) is 11.6 Å². The summed E-state index contributed by atoms with van der Waals surface area (Å²) in [6.45, 7) is 8.89. The van der Waals surface area contributed by atoms with Crippen LogP contribution in [0.25, 0.3) is 5.57 Å². The molecule has 0 bridgehead atoms. The van der Waals surface area contributed by atoms with Gasteiger partial charge in [-0.05, 0) is 30.0 Å². The van der Waals surface area contributed by atoms with Crippen molar-refractivity contribution in [1.29, 1.82) is 0 Å². The molecule has 1 aromatic heterocycles. The first-order chi connectivity index (χ1) is 19.9. The summed E-state index contributed by atoms with van der Waals surface area (Å²) < 4.78 is 58.8. The molecule has 2 atom stereocenters. The van der Waals surface area contributed by atoms with Crippen LogP contribution in [0.1, 0.15) is 60.8 Å². The number of alkyl halides is 4. The normalized spacial score (nSPS) is 23.5. The van der Waals surface area contributed by atoms with Gasteiger partial charge in [-0.15, -0.1) is 0 Å². The van der Waals surface area contributed by atoms with Crippen molar-refractivity contribution in [3.05, 3.63) is 64.5 Å². The Hall–Kier alpha value is -2.89. The molecule has 1 aliphatic carbocycles. The van der Waals surface area contributed by atoms with Crippen LogP contribution in [0, 0.1) is 5.92 Å². The molecule has 2 unspecified atom stereocenters. The smallest absolute Gasteiger partial charge is 0.339 e. The Morgan fingerprint density at radius 2 is 1.93 bits per heavy atom. The lowest BCUT2D eigenvalue weighted by molar-refractivity contribution is -0.0299. The van der Waals surface area contributed by atoms with Crippen molar-refractivity contribution in [3.8, 4) is 0 Å². The van der Waals surface area contributed by atoms with E-state index in [0.717, 1.165) is 55.6 Å². The summed E-state index contributed by atoms with van der Waals surface area (Å²) in [5.74, 6) is -4.19. The summed E-state index contributed by atoms with van der Waals surface area (Å²) in [6.07, 6.45) is 3.93. The minimum atomic E-state index is -3.24. The van der Waals surface area contributed by atoms with Gasteiger partial charge in [-0.2, -0.15) is 5.10 Å². The van der Waals surface area contributed by atoms with Crippen LogP contribution in [0.15, 0.2) is 42.6 Å². The zero-order valence-corrected chi connectivity index (χ0v) is 24.5. The molecule has 2 saturated heterocycles. The van der Waals surface area contributed by atoms with E-state index in [1.165, 1.54) is 4.90 Å². The van der Waals surface area contributed by atoms with Gasteiger partial charge in [-0.3, -0.25) is 9.58 Å². The molecule has 0 spiro atoms. The van der Waals surface area contributed by atoms with E-state index in [0.29, 0.717) is 22.2 Å². The summed E-state index contributed by atoms with van der Waals surface area (Å²) in [5.41, 5.74) is 0.496. The predicted octanol–water partition coefficient (Wildman–Crippen LogP) is 6.24. The molecule has 7 nitrogen and oxygen atoms in total. The molecule has 228 valence electrons. The molecule has 3 heterocycles. The van der Waals surface area contributed by atoms with Gasteiger partial charge in [0.1, 0.15) is 11.3 Å². The number of anilines is 1. The van der Waals surface area contributed by atoms with Crippen molar-refractivity contribution < 1.29 is 27.5 Å². The van der Waals surface area contributed by atoms with E-state index in [1.807, 2.05) is 6.08 Å². The van der Waals surface area contributed by atoms with E-state index in [2.05, 4.69) is 40.9 Å². The van der Waals surface area contributed by atoms with Crippen LogP contribution < -0.4 is 4.90 Å². The van der Waals surface area contributed by atoms with Crippen LogP contribution in [-0.4, -0.2) is 88.4 Å². The van der Waals surface area contributed by atoms with E-state index >= 15 is 8.78 Å². The van der Waals surface area contributed by atoms with Gasteiger partial charge in [0.05, 0.1) is 18.8 Å². The van der Waals surface area contributed by atoms with Crippen LogP contribution in [0.2, 0.25) is 5.02 Å². The third-order valence-corrected chi connectivity index (χ3v) is 8.43. The Balaban J connectivity index is 1.37. The highest BCUT2D eigenvalue weighted by Gasteiger charge is 2.44. The molecule has 3 aliphatic rings. The van der Waals surface area contributed by atoms with Gasteiger partial charge in [-0.1, -0.05) is 49.7 Å². The van der Waals surface area contributed by atoms with Crippen LogP contribution in [0.5, 0.6) is 0 Å². The lowest BCUT2D eigenvalue weighted by Gasteiger charge is -2.41. The number of carboxylic acids is 1. The second-order valence-corrected chi connectivity index (χ2v) is 12.2. The fourth-order valence-corrected chi connectivity index (χ4v) is 6.51. The first-order valence-electron chi connectivity index (χ1n) is 14.3. The van der Waals surface area contributed by atoms with Crippen LogP contribution in [0.3, 0.4) is 0 Å². The molecule has 42 heavy (non-hydrogen) atoms. The molecule has 12 heteroatoms. The molecular weight excluding hydrogens is 574 g/mol. The average Bonchev–Trinajstić information content (AvgIpc) is 3.39. The van der Waals surface area contributed by atoms with Gasteiger partial charge in [0.2, 0.25) is 0 Å². The number of nitrogens with zero attached hydrogens (tertiary/aromatic N) is 5. The summed E-state index contributed by atoms with van der Waals surface area (Å²) >= 11 is 6.33. The van der Waals surface area contributed by atoms with Gasteiger partial charge < -0.3 is 14.9 Å². The van der Waals surface area contributed by atoms with E-state index in [9.17, 15) is 18.7 Å². The molecule has 0 amide bonds. The van der Waals surface area contributed by atoms with E-state index in [1.54, 1.807) is 18.2 Å². The first-order valence-corrected chi connectivity index (χ1v) is 14.7. The number of allylic oxidation sites excluding steroid dienone is 2. The van der Waals surface area contributed by atoms with E-state index < -0.39 is 48.6 Å². The number of hydrogen-bond donors (Lipinski definition) is 1. The number of carboxylic acid groups (broad SMARTS) is 1. The SMILES string of the molecule is CC(C)CN1CCN(C2C=CC(c3ccc(Cl)cc3N3CC(n4ncc(C(=O)O)c4C(F)F)CC(F)(F)C3)=CC2)CC1. The molecule has 2 fully saturated rings. The molecule has 1 aromatic carbocycles. The maximum Gasteiger partial charge on any atom is 0.339 e. The first kappa shape index (κ1) is 30.6. The maximum atomic E-state index is 15.1. The highest BCUT2D eigenvalue weighted by Crippen LogP contribution is 2.41. The largest absolute Gasteiger partial charge is 0.478 e. The number of carbonyl (C=O) groups is 1. The van der Waals surface area contributed by atoms with Gasteiger partial charge in [-0.25, -0.2) is 22.4 Å². The molecule has 5 rings (SSSR count). The molecule has 1 N–H and O–H groups in total. The standard InChI is InChI=1S/C30H36ClF4N5O2/c1-19(2)16-37-9-11-38(12-10-37)22-6-3-20(4-7-22)24-8-5-21(31)13-26(24)39-17-23(14-30(34,35)18-39)40-27(28(32)33)25(15-36-40)29(41)42/h3-6,8,13,15,19,22-23,28H,7,9-12,14,16-18H2,1-2H3,(H,41,42). The summed E-state index contributed by atoms with van der Waals surface area (Å²) in [4.78, 5) is 17.9. The zero-order valence-electron chi connectivity index (χ0n) is 23.7. The molecule has 0 saturated carbocycles. The number of rotatable bonds is 8. The Morgan fingerprint density at radius 1 is 1.19 bits per heavy atom. The van der Waals surface area contributed by atoms with Crippen LogP contribution in [-0.2, 0) is 0 Å². The van der Waals surface area contributed by atoms with E-state index in [-0.39, 0.29) is 12.6 Å². The molecule has 2 aromatic rings. The lowest BCUT2D eigenvalue weighted by Crippen LogP contribution is -2.50. The lowest BCUT2D eigenvalue weighted by atomic mass is 9.93. The Kier molecular flexibility index (Phi) is 9.01. The second-order valence-electron chi connectivity index (χ2n) is 11.8. The fourth-order valence-electron chi connectivity index (χ4n) is 6.35. The quantitative estimate of drug-likeness (QED) is 0.357. The Morgan fingerprint density at radius 3 is 2.55 bits per heavy atom. The third-order valence-electron chi connectivity index (χ3n) is 8.19. The van der Waals surface area contributed by atoms with Gasteiger partial charge in [0.15, 0.2) is 0 Å². The Labute approximate surface area is 248 Å². The van der Waals surface area contributed by atoms with Crippen molar-refractivity contribution in [3.63, 3.8) is 0 Å². The number of piperidine rings is 1. The monoisotopic (exact) mass is 609 g/mol. The fraction of sp³-hybridized carbons (Fsp3) is 0.533. The number of benzene rings is 1. The number of aromatic carboxylic acids is 1. The number of aromatic nitrogens is 2. The minimum absolute atomic E-state index is 0.0658. The molecule has 2 aliphatic heterocycles. The predicted molar refractivity (Wildman–Crippen MR) is 155 cm³/mol. The minimum Gasteiger partial charge on any atom is -0.478 e. The molecule has 0 radical (unpaired) electrons. The van der Waals surface area contributed by atoms with Gasteiger partial charge in [0.25, 0.3) is 12.3 Å². The highest BCUT2D eigenvalue weighted by molar-refractivity contribution is 6.31. The third kappa shape index (κ3) is 6.68. The molecular formula is C30H36ClF4N5O2. The number of piperazine rings is 1. The zero-order chi connectivity index (χ0) is 30.2. The topological polar surface area (TPSA) is 64.8 Å². The Bertz CT molecular complexity index is 1350. The average molecular weight is 610 g/mol. The van der Waals surface area contributed by atoms with Gasteiger partial charge in [0, 0.05) is 68.0 Å². The summed E-state index contributed by atoms with van der Waals surface area (Å²) in [6, 6.07) is 4.19. The second kappa shape index (κ2) is 12.4. The van der Waals surface area contributed by atoms with Crippen molar-refractivity contribution in [1.82, 2.24) is 19.6 Å². The number of halogens is 5. The van der Waals surface area contributed by atoms with Crippen LogP contribution >= 0.6 is 11.6 Å². The summed E-state index contributed by atoms with van der Waals surface area (Å²) in [7, 11) is 0. The van der Waals surface area contributed by atoms with Crippen molar-refractivity contribution in [2.24, 2.45) is 5.92 Å². The summed E-state index contributed by atoms with van der Waals surface area (Å²) in [5, 5.41) is 13.5. The van der Waals surface area contributed by atoms with Crippen molar-refractivity contribution in [2.45, 2.75) is 51.1 Å². The number of hydrogen-bond acceptors (Lipinski definition) is 5. The van der Waals surface area contributed by atoms with Gasteiger partial charge >= 0.3 is 5.97 Å². The van der Waals surface area contributed by atoms with Crippen LogP contribution in [0.4, 0.5) is 23.2 Å².